The smallest absolute Gasteiger partial charge is 0.378 e. The second-order valence-electron chi connectivity index (χ2n) is 11.1. The van der Waals surface area contributed by atoms with Crippen LogP contribution in [0.1, 0.15) is 49.6 Å². The van der Waals surface area contributed by atoms with Gasteiger partial charge in [0.1, 0.15) is 17.5 Å². The van der Waals surface area contributed by atoms with Gasteiger partial charge in [0.25, 0.3) is 0 Å². The number of aromatic amines is 1. The Bertz CT molecular complexity index is 1330. The van der Waals surface area contributed by atoms with Gasteiger partial charge in [-0.15, -0.1) is 0 Å². The Kier molecular flexibility index (Phi) is 7.34. The molecule has 2 aliphatic rings. The SMILES string of the molecule is C[C@@H]1Cc2c([nH]c3cc(F)ccc23)[C@@H](c2c(F)cc(N[C@@]3(C)CCN(CCCF)C3)cc2F)N1CC(F)(F)F. The molecule has 1 saturated heterocycles. The van der Waals surface area contributed by atoms with Crippen molar-refractivity contribution in [3.8, 4) is 0 Å². The van der Waals surface area contributed by atoms with E-state index in [1.165, 1.54) is 18.2 Å². The van der Waals surface area contributed by atoms with Crippen molar-refractivity contribution >= 4 is 16.6 Å². The summed E-state index contributed by atoms with van der Waals surface area (Å²) in [6.07, 6.45) is -3.32. The zero-order chi connectivity index (χ0) is 28.1. The largest absolute Gasteiger partial charge is 0.401 e. The molecule has 4 nitrogen and oxygen atoms in total. The lowest BCUT2D eigenvalue weighted by Crippen LogP contribution is -2.47. The summed E-state index contributed by atoms with van der Waals surface area (Å²) in [4.78, 5) is 6.09. The normalized spacial score (nSPS) is 24.4. The Balaban J connectivity index is 1.53. The van der Waals surface area contributed by atoms with E-state index in [0.29, 0.717) is 48.9 Å². The lowest BCUT2D eigenvalue weighted by Gasteiger charge is -2.41. The van der Waals surface area contributed by atoms with Crippen molar-refractivity contribution in [1.82, 2.24) is 14.8 Å². The molecule has 0 amide bonds. The van der Waals surface area contributed by atoms with Crippen molar-refractivity contribution in [2.24, 2.45) is 0 Å². The highest BCUT2D eigenvalue weighted by Gasteiger charge is 2.44. The molecule has 1 aromatic heterocycles. The molecule has 0 radical (unpaired) electrons. The average molecular weight is 557 g/mol. The first-order valence-electron chi connectivity index (χ1n) is 13.1. The molecule has 11 heteroatoms. The summed E-state index contributed by atoms with van der Waals surface area (Å²) >= 11 is 0. The number of benzene rings is 2. The minimum Gasteiger partial charge on any atom is -0.378 e. The molecule has 0 unspecified atom stereocenters. The maximum atomic E-state index is 15.8. The van der Waals surface area contributed by atoms with Crippen molar-refractivity contribution in [3.05, 3.63) is 64.6 Å². The van der Waals surface area contributed by atoms with E-state index in [1.807, 2.05) is 6.92 Å². The molecule has 1 fully saturated rings. The van der Waals surface area contributed by atoms with Gasteiger partial charge in [-0.25, -0.2) is 13.2 Å². The van der Waals surface area contributed by atoms with E-state index in [-0.39, 0.29) is 17.8 Å². The van der Waals surface area contributed by atoms with E-state index < -0.39 is 60.0 Å². The molecular formula is C28H31F7N4. The number of fused-ring (bicyclic) bond motifs is 3. The summed E-state index contributed by atoms with van der Waals surface area (Å²) in [5.74, 6) is -2.49. The van der Waals surface area contributed by atoms with Gasteiger partial charge >= 0.3 is 6.18 Å². The molecule has 0 spiro atoms. The lowest BCUT2D eigenvalue weighted by atomic mass is 9.88. The van der Waals surface area contributed by atoms with Gasteiger partial charge in [-0.1, -0.05) is 0 Å². The number of rotatable bonds is 7. The number of anilines is 1. The third-order valence-electron chi connectivity index (χ3n) is 7.89. The number of nitrogens with zero attached hydrogens (tertiary/aromatic N) is 2. The van der Waals surface area contributed by atoms with Gasteiger partial charge in [-0.3, -0.25) is 9.29 Å². The molecular weight excluding hydrogens is 525 g/mol. The van der Waals surface area contributed by atoms with E-state index in [9.17, 15) is 22.0 Å². The molecule has 2 N–H and O–H groups in total. The average Bonchev–Trinajstić information content (AvgIpc) is 3.37. The summed E-state index contributed by atoms with van der Waals surface area (Å²) in [5, 5.41) is 3.79. The number of halogens is 7. The van der Waals surface area contributed by atoms with Crippen LogP contribution in [0.3, 0.4) is 0 Å². The highest BCUT2D eigenvalue weighted by atomic mass is 19.4. The van der Waals surface area contributed by atoms with Crippen molar-refractivity contribution in [1.29, 1.82) is 0 Å². The van der Waals surface area contributed by atoms with Gasteiger partial charge in [0, 0.05) is 59.1 Å². The lowest BCUT2D eigenvalue weighted by molar-refractivity contribution is -0.155. The Morgan fingerprint density at radius 3 is 2.49 bits per heavy atom. The summed E-state index contributed by atoms with van der Waals surface area (Å²) in [7, 11) is 0. The van der Waals surface area contributed by atoms with Crippen LogP contribution in [0.25, 0.3) is 10.9 Å². The van der Waals surface area contributed by atoms with E-state index >= 15 is 8.78 Å². The summed E-state index contributed by atoms with van der Waals surface area (Å²) < 4.78 is 99.0. The fourth-order valence-electron chi connectivity index (χ4n) is 6.20. The van der Waals surface area contributed by atoms with Gasteiger partial charge in [-0.2, -0.15) is 13.2 Å². The Labute approximate surface area is 222 Å². The standard InChI is InChI=1S/C28H31F7N4/c1-16-10-20-19-5-4-17(30)11-23(19)36-25(20)26(39(16)15-28(33,34)35)24-21(31)12-18(13-22(24)32)37-27(2)6-9-38(14-27)8-3-7-29/h4-5,11-13,16,26,36-37H,3,6-10,14-15H2,1-2H3/t16-,26-,27+/m1/s1. The van der Waals surface area contributed by atoms with Crippen LogP contribution < -0.4 is 5.32 Å². The third kappa shape index (κ3) is 5.61. The second kappa shape index (κ2) is 10.3. The first-order chi connectivity index (χ1) is 18.4. The fourth-order valence-corrected chi connectivity index (χ4v) is 6.20. The molecule has 39 heavy (non-hydrogen) atoms. The second-order valence-corrected chi connectivity index (χ2v) is 11.1. The van der Waals surface area contributed by atoms with Crippen LogP contribution >= 0.6 is 0 Å². The summed E-state index contributed by atoms with van der Waals surface area (Å²) in [6.45, 7) is 3.57. The summed E-state index contributed by atoms with van der Waals surface area (Å²) in [6, 6.07) is 4.14. The van der Waals surface area contributed by atoms with E-state index in [4.69, 9.17) is 0 Å². The number of hydrogen-bond donors (Lipinski definition) is 2. The zero-order valence-electron chi connectivity index (χ0n) is 21.7. The first-order valence-corrected chi connectivity index (χ1v) is 13.1. The Hall–Kier alpha value is -2.79. The van der Waals surface area contributed by atoms with E-state index in [2.05, 4.69) is 15.2 Å². The minimum atomic E-state index is -4.61. The molecule has 0 bridgehead atoms. The molecule has 0 saturated carbocycles. The molecule has 2 aliphatic heterocycles. The van der Waals surface area contributed by atoms with Crippen LogP contribution in [0.2, 0.25) is 0 Å². The third-order valence-corrected chi connectivity index (χ3v) is 7.89. The predicted molar refractivity (Wildman–Crippen MR) is 136 cm³/mol. The molecule has 5 rings (SSSR count). The molecule has 2 aromatic carbocycles. The van der Waals surface area contributed by atoms with Crippen LogP contribution in [-0.2, 0) is 6.42 Å². The van der Waals surface area contributed by atoms with Crippen LogP contribution in [0.5, 0.6) is 0 Å². The number of hydrogen-bond acceptors (Lipinski definition) is 3. The molecule has 3 atom stereocenters. The van der Waals surface area contributed by atoms with Gasteiger partial charge in [-0.05, 0) is 69.0 Å². The van der Waals surface area contributed by atoms with Crippen LogP contribution in [0.15, 0.2) is 30.3 Å². The van der Waals surface area contributed by atoms with Crippen molar-refractivity contribution in [2.45, 2.75) is 56.9 Å². The van der Waals surface area contributed by atoms with Crippen molar-refractivity contribution in [3.63, 3.8) is 0 Å². The Morgan fingerprint density at radius 1 is 1.10 bits per heavy atom. The van der Waals surface area contributed by atoms with Crippen LogP contribution in [0, 0.1) is 17.5 Å². The molecule has 0 aliphatic carbocycles. The maximum absolute atomic E-state index is 15.8. The number of likely N-dealkylation sites (tertiary alicyclic amines) is 1. The van der Waals surface area contributed by atoms with Gasteiger partial charge in [0.15, 0.2) is 0 Å². The fraction of sp³-hybridized carbons (Fsp3) is 0.500. The monoisotopic (exact) mass is 556 g/mol. The van der Waals surface area contributed by atoms with Gasteiger partial charge < -0.3 is 15.2 Å². The summed E-state index contributed by atoms with van der Waals surface area (Å²) in [5.41, 5.74) is 0.375. The van der Waals surface area contributed by atoms with Gasteiger partial charge in [0.2, 0.25) is 0 Å². The van der Waals surface area contributed by atoms with E-state index in [0.717, 1.165) is 17.0 Å². The highest BCUT2D eigenvalue weighted by Crippen LogP contribution is 2.44. The van der Waals surface area contributed by atoms with Gasteiger partial charge in [0.05, 0.1) is 19.3 Å². The number of alkyl halides is 4. The van der Waals surface area contributed by atoms with Crippen molar-refractivity contribution in [2.75, 3.05) is 38.2 Å². The maximum Gasteiger partial charge on any atom is 0.401 e. The molecule has 3 aromatic rings. The van der Waals surface area contributed by atoms with Crippen LogP contribution in [-0.4, -0.2) is 65.4 Å². The first kappa shape index (κ1) is 27.8. The Morgan fingerprint density at radius 2 is 1.82 bits per heavy atom. The molecule has 212 valence electrons. The minimum absolute atomic E-state index is 0.175. The topological polar surface area (TPSA) is 34.3 Å². The number of aromatic nitrogens is 1. The number of H-pyrrole nitrogens is 1. The highest BCUT2D eigenvalue weighted by molar-refractivity contribution is 5.85. The van der Waals surface area contributed by atoms with E-state index in [1.54, 1.807) is 6.92 Å². The predicted octanol–water partition coefficient (Wildman–Crippen LogP) is 6.72. The molecule has 3 heterocycles. The van der Waals surface area contributed by atoms with Crippen molar-refractivity contribution < 1.29 is 30.7 Å². The van der Waals surface area contributed by atoms with Crippen LogP contribution in [0.4, 0.5) is 36.4 Å². The quantitative estimate of drug-likeness (QED) is 0.317. The zero-order valence-corrected chi connectivity index (χ0v) is 21.7. The number of nitrogens with one attached hydrogen (secondary N) is 2.